The third-order valence-corrected chi connectivity index (χ3v) is 13.3. The molecule has 0 N–H and O–H groups in total. The third-order valence-electron chi connectivity index (χ3n) is 12.1. The predicted octanol–water partition coefficient (Wildman–Crippen LogP) is 16.9. The fourth-order valence-electron chi connectivity index (χ4n) is 9.28. The molecule has 62 heavy (non-hydrogen) atoms. The fourth-order valence-corrected chi connectivity index (χ4v) is 10.5. The van der Waals surface area contributed by atoms with E-state index in [-0.39, 0.29) is 0 Å². The van der Waals surface area contributed by atoms with Crippen molar-refractivity contribution >= 4 is 98.2 Å². The molecule has 0 amide bonds. The van der Waals surface area contributed by atoms with Crippen LogP contribution in [0.25, 0.3) is 69.6 Å². The monoisotopic (exact) mass is 809 g/mol. The summed E-state index contributed by atoms with van der Waals surface area (Å²) in [7, 11) is 0. The lowest BCUT2D eigenvalue weighted by Gasteiger charge is -2.30. The van der Waals surface area contributed by atoms with Gasteiger partial charge < -0.3 is 14.4 Å². The van der Waals surface area contributed by atoms with E-state index in [0.717, 1.165) is 50.9 Å². The van der Waals surface area contributed by atoms with Gasteiger partial charge in [-0.25, -0.2) is 0 Å². The van der Waals surface area contributed by atoms with Crippen molar-refractivity contribution in [3.05, 3.63) is 237 Å². The Morgan fingerprint density at radius 1 is 0.306 bits per heavy atom. The highest BCUT2D eigenvalue weighted by Gasteiger charge is 2.21. The number of thiophene rings is 1. The van der Waals surface area contributed by atoms with Gasteiger partial charge in [0.05, 0.1) is 11.0 Å². The molecule has 292 valence electrons. The zero-order chi connectivity index (χ0) is 41.0. The van der Waals surface area contributed by atoms with Gasteiger partial charge in [-0.05, 0) is 126 Å². The third kappa shape index (κ3) is 6.11. The van der Waals surface area contributed by atoms with Crippen molar-refractivity contribution in [3.63, 3.8) is 0 Å². The highest BCUT2D eigenvalue weighted by Crippen LogP contribution is 2.46. The van der Waals surface area contributed by atoms with Gasteiger partial charge >= 0.3 is 0 Å². The topological polar surface area (TPSA) is 11.4 Å². The van der Waals surface area contributed by atoms with Gasteiger partial charge in [-0.2, -0.15) is 0 Å². The lowest BCUT2D eigenvalue weighted by atomic mass is 9.99. The molecule has 0 spiro atoms. The fraction of sp³-hybridized carbons (Fsp3) is 0. The zero-order valence-corrected chi connectivity index (χ0v) is 34.6. The Balaban J connectivity index is 1.13. The highest BCUT2D eigenvalue weighted by molar-refractivity contribution is 7.26. The van der Waals surface area contributed by atoms with Gasteiger partial charge in [0, 0.05) is 76.1 Å². The summed E-state index contributed by atoms with van der Waals surface area (Å²) >= 11 is 1.89. The molecule has 0 aliphatic carbocycles. The van der Waals surface area contributed by atoms with E-state index in [2.05, 4.69) is 251 Å². The second-order valence-corrected chi connectivity index (χ2v) is 16.8. The van der Waals surface area contributed by atoms with E-state index in [0.29, 0.717) is 0 Å². The van der Waals surface area contributed by atoms with Gasteiger partial charge in [0.1, 0.15) is 0 Å². The minimum absolute atomic E-state index is 1.07. The van der Waals surface area contributed by atoms with Crippen LogP contribution < -0.4 is 9.80 Å². The van der Waals surface area contributed by atoms with Gasteiger partial charge in [0.25, 0.3) is 0 Å². The Morgan fingerprint density at radius 2 is 0.823 bits per heavy atom. The number of aromatic nitrogens is 1. The summed E-state index contributed by atoms with van der Waals surface area (Å²) in [4.78, 5) is 4.73. The molecule has 0 saturated heterocycles. The standard InChI is InChI=1S/C58H39N3S/c1-6-18-43(19-7-1)59(44-20-8-2-9-21-44)48-34-42(35-49(38-48)60(45-22-10-3-11-23-45)46-24-12-4-13-25-46)40-31-33-55-53(36-40)54-37-41-30-32-51-50-28-16-17-29-57(50)62-58(51)52(41)39-56(54)61(55)47-26-14-5-15-27-47/h1-39H. The molecule has 2 aromatic heterocycles. The number of fused-ring (bicyclic) bond motifs is 8. The minimum atomic E-state index is 1.07. The number of anilines is 6. The summed E-state index contributed by atoms with van der Waals surface area (Å²) in [5.74, 6) is 0. The SMILES string of the molecule is c1ccc(N(c2ccccc2)c2cc(-c3ccc4c(c3)c3cc5ccc6c7ccccc7sc6c5cc3n4-c3ccccc3)cc(N(c3ccccc3)c3ccccc3)c2)cc1. The van der Waals surface area contributed by atoms with Crippen molar-refractivity contribution in [1.82, 2.24) is 4.57 Å². The molecule has 0 unspecified atom stereocenters. The van der Waals surface area contributed by atoms with Crippen LogP contribution in [0.2, 0.25) is 0 Å². The quantitative estimate of drug-likeness (QED) is 0.151. The van der Waals surface area contributed by atoms with Gasteiger partial charge in [-0.15, -0.1) is 11.3 Å². The molecule has 3 nitrogen and oxygen atoms in total. The molecule has 0 bridgehead atoms. The molecule has 0 radical (unpaired) electrons. The largest absolute Gasteiger partial charge is 0.310 e. The van der Waals surface area contributed by atoms with Crippen molar-refractivity contribution in [2.45, 2.75) is 0 Å². The Morgan fingerprint density at radius 3 is 1.40 bits per heavy atom. The Bertz CT molecular complexity index is 3380. The second kappa shape index (κ2) is 15.0. The first-order valence-electron chi connectivity index (χ1n) is 21.1. The molecule has 0 aliphatic rings. The van der Waals surface area contributed by atoms with Crippen molar-refractivity contribution < 1.29 is 0 Å². The van der Waals surface area contributed by atoms with E-state index in [9.17, 15) is 0 Å². The van der Waals surface area contributed by atoms with Crippen molar-refractivity contribution in [3.8, 4) is 16.8 Å². The van der Waals surface area contributed by atoms with E-state index in [4.69, 9.17) is 0 Å². The molecule has 12 rings (SSSR count). The number of benzene rings is 10. The summed E-state index contributed by atoms with van der Waals surface area (Å²) in [6, 6.07) is 85.8. The average Bonchev–Trinajstić information content (AvgIpc) is 3.88. The second-order valence-electron chi connectivity index (χ2n) is 15.8. The van der Waals surface area contributed by atoms with Crippen LogP contribution in [-0.4, -0.2) is 4.57 Å². The van der Waals surface area contributed by atoms with Crippen molar-refractivity contribution in [2.24, 2.45) is 0 Å². The minimum Gasteiger partial charge on any atom is -0.310 e. The van der Waals surface area contributed by atoms with Crippen LogP contribution in [0.5, 0.6) is 0 Å². The molecular weight excluding hydrogens is 771 g/mol. The molecule has 0 aliphatic heterocycles. The summed E-state index contributed by atoms with van der Waals surface area (Å²) in [6.07, 6.45) is 0. The molecule has 2 heterocycles. The maximum Gasteiger partial charge on any atom is 0.0547 e. The van der Waals surface area contributed by atoms with Crippen LogP contribution in [0.1, 0.15) is 0 Å². The number of para-hydroxylation sites is 5. The molecule has 0 atom stereocenters. The first-order chi connectivity index (χ1) is 30.7. The van der Waals surface area contributed by atoms with Crippen molar-refractivity contribution in [1.29, 1.82) is 0 Å². The number of nitrogens with zero attached hydrogens (tertiary/aromatic N) is 3. The normalized spacial score (nSPS) is 11.5. The van der Waals surface area contributed by atoms with Crippen LogP contribution in [0, 0.1) is 0 Å². The molecule has 0 fully saturated rings. The maximum absolute atomic E-state index is 2.45. The van der Waals surface area contributed by atoms with Gasteiger partial charge in [0.2, 0.25) is 0 Å². The molecule has 4 heteroatoms. The lowest BCUT2D eigenvalue weighted by molar-refractivity contribution is 1.18. The molecular formula is C58H39N3S. The molecule has 0 saturated carbocycles. The first-order valence-corrected chi connectivity index (χ1v) is 21.9. The van der Waals surface area contributed by atoms with Crippen LogP contribution in [0.3, 0.4) is 0 Å². The first kappa shape index (κ1) is 36.0. The summed E-state index contributed by atoms with van der Waals surface area (Å²) < 4.78 is 5.10. The average molecular weight is 810 g/mol. The number of hydrogen-bond donors (Lipinski definition) is 0. The molecule has 12 aromatic rings. The van der Waals surface area contributed by atoms with E-state index in [1.54, 1.807) is 0 Å². The smallest absolute Gasteiger partial charge is 0.0547 e. The van der Waals surface area contributed by atoms with E-state index in [1.165, 1.54) is 52.8 Å². The number of rotatable bonds is 8. The van der Waals surface area contributed by atoms with Crippen LogP contribution in [0.4, 0.5) is 34.1 Å². The summed E-state index contributed by atoms with van der Waals surface area (Å²) in [5.41, 5.74) is 12.3. The lowest BCUT2D eigenvalue weighted by Crippen LogP contribution is -2.13. The van der Waals surface area contributed by atoms with Crippen molar-refractivity contribution in [2.75, 3.05) is 9.80 Å². The number of hydrogen-bond acceptors (Lipinski definition) is 3. The van der Waals surface area contributed by atoms with Gasteiger partial charge in [-0.1, -0.05) is 127 Å². The van der Waals surface area contributed by atoms with E-state index in [1.807, 2.05) is 11.3 Å². The summed E-state index contributed by atoms with van der Waals surface area (Å²) in [5, 5.41) is 7.63. The Hall–Kier alpha value is -7.92. The Labute approximate surface area is 364 Å². The molecule has 10 aromatic carbocycles. The van der Waals surface area contributed by atoms with Gasteiger partial charge in [0.15, 0.2) is 0 Å². The summed E-state index contributed by atoms with van der Waals surface area (Å²) in [6.45, 7) is 0. The predicted molar refractivity (Wildman–Crippen MR) is 266 cm³/mol. The van der Waals surface area contributed by atoms with E-state index >= 15 is 0 Å². The highest BCUT2D eigenvalue weighted by atomic mass is 32.1. The van der Waals surface area contributed by atoms with Gasteiger partial charge in [-0.3, -0.25) is 0 Å². The zero-order valence-electron chi connectivity index (χ0n) is 33.8. The van der Waals surface area contributed by atoms with Crippen LogP contribution >= 0.6 is 11.3 Å². The van der Waals surface area contributed by atoms with Crippen LogP contribution in [0.15, 0.2) is 237 Å². The van der Waals surface area contributed by atoms with E-state index < -0.39 is 0 Å². The maximum atomic E-state index is 2.45. The van der Waals surface area contributed by atoms with Crippen LogP contribution in [-0.2, 0) is 0 Å². The Kier molecular flexibility index (Phi) is 8.68.